The fourth-order valence-corrected chi connectivity index (χ4v) is 5.96. The lowest BCUT2D eigenvalue weighted by molar-refractivity contribution is 0.0920. The lowest BCUT2D eigenvalue weighted by atomic mass is 10.2. The van der Waals surface area contributed by atoms with Crippen LogP contribution < -0.4 is 4.90 Å². The van der Waals surface area contributed by atoms with Crippen molar-refractivity contribution in [2.24, 2.45) is 0 Å². The molecule has 0 unspecified atom stereocenters. The molecular formula is C20H20N2O2S2. The number of ether oxygens (including phenoxy) is 1. The first kappa shape index (κ1) is 16.4. The summed E-state index contributed by atoms with van der Waals surface area (Å²) >= 11 is 3.25. The van der Waals surface area contributed by atoms with E-state index in [0.29, 0.717) is 6.54 Å². The summed E-state index contributed by atoms with van der Waals surface area (Å²) in [7, 11) is 0. The van der Waals surface area contributed by atoms with Crippen LogP contribution in [0.3, 0.4) is 0 Å². The zero-order chi connectivity index (χ0) is 17.5. The molecule has 0 bridgehead atoms. The van der Waals surface area contributed by atoms with E-state index in [0.717, 1.165) is 52.5 Å². The molecule has 1 aromatic carbocycles. The fraction of sp³-hybridized carbons (Fsp3) is 0.400. The number of fused-ring (bicyclic) bond motifs is 2. The number of nitrogens with zero attached hydrogens (tertiary/aromatic N) is 2. The molecule has 0 saturated carbocycles. The quantitative estimate of drug-likeness (QED) is 0.656. The van der Waals surface area contributed by atoms with Crippen LogP contribution in [-0.4, -0.2) is 30.1 Å². The van der Waals surface area contributed by atoms with Gasteiger partial charge in [-0.15, -0.1) is 11.3 Å². The summed E-state index contributed by atoms with van der Waals surface area (Å²) in [6, 6.07) is 10.2. The van der Waals surface area contributed by atoms with Crippen molar-refractivity contribution >= 4 is 43.9 Å². The Morgan fingerprint density at radius 1 is 1.23 bits per heavy atom. The molecule has 4 nitrogen and oxygen atoms in total. The number of hydrogen-bond donors (Lipinski definition) is 0. The third-order valence-corrected chi connectivity index (χ3v) is 7.41. The molecule has 26 heavy (non-hydrogen) atoms. The third-order valence-electron chi connectivity index (χ3n) is 5.13. The second-order valence-electron chi connectivity index (χ2n) is 6.93. The number of anilines is 1. The van der Waals surface area contributed by atoms with Gasteiger partial charge in [-0.2, -0.15) is 0 Å². The molecule has 3 aromatic rings. The highest BCUT2D eigenvalue weighted by Crippen LogP contribution is 2.34. The van der Waals surface area contributed by atoms with Gasteiger partial charge in [-0.1, -0.05) is 23.5 Å². The number of thiazole rings is 1. The van der Waals surface area contributed by atoms with Gasteiger partial charge in [0.2, 0.25) is 0 Å². The van der Waals surface area contributed by atoms with Gasteiger partial charge in [-0.05, 0) is 55.9 Å². The number of carbonyl (C=O) groups is 1. The van der Waals surface area contributed by atoms with Crippen LogP contribution >= 0.6 is 22.7 Å². The molecule has 5 rings (SSSR count). The molecule has 1 saturated heterocycles. The highest BCUT2D eigenvalue weighted by atomic mass is 32.1. The summed E-state index contributed by atoms with van der Waals surface area (Å²) in [6.07, 6.45) is 5.62. The van der Waals surface area contributed by atoms with Crippen molar-refractivity contribution in [1.29, 1.82) is 0 Å². The Bertz CT molecular complexity index is 901. The number of aromatic nitrogens is 1. The molecule has 1 amide bonds. The largest absolute Gasteiger partial charge is 0.376 e. The van der Waals surface area contributed by atoms with Crippen LogP contribution in [0.5, 0.6) is 0 Å². The van der Waals surface area contributed by atoms with E-state index in [1.54, 1.807) is 22.7 Å². The number of rotatable bonds is 4. The van der Waals surface area contributed by atoms with Gasteiger partial charge in [0.1, 0.15) is 0 Å². The van der Waals surface area contributed by atoms with E-state index in [2.05, 4.69) is 12.1 Å². The Hall–Kier alpha value is -1.76. The number of para-hydroxylation sites is 1. The van der Waals surface area contributed by atoms with Gasteiger partial charge in [0.15, 0.2) is 5.13 Å². The zero-order valence-electron chi connectivity index (χ0n) is 14.4. The Morgan fingerprint density at radius 3 is 2.96 bits per heavy atom. The summed E-state index contributed by atoms with van der Waals surface area (Å²) in [5.74, 6) is 0.0685. The van der Waals surface area contributed by atoms with E-state index in [9.17, 15) is 4.79 Å². The van der Waals surface area contributed by atoms with E-state index in [1.165, 1.54) is 16.9 Å². The Kier molecular flexibility index (Phi) is 4.27. The van der Waals surface area contributed by atoms with Crippen LogP contribution in [0.1, 0.15) is 39.4 Å². The smallest absolute Gasteiger partial charge is 0.270 e. The van der Waals surface area contributed by atoms with Crippen LogP contribution in [0.2, 0.25) is 0 Å². The molecule has 2 aromatic heterocycles. The van der Waals surface area contributed by atoms with Crippen molar-refractivity contribution in [1.82, 2.24) is 4.98 Å². The molecule has 134 valence electrons. The number of benzene rings is 1. The molecular weight excluding hydrogens is 364 g/mol. The Labute approximate surface area is 160 Å². The van der Waals surface area contributed by atoms with Gasteiger partial charge >= 0.3 is 0 Å². The van der Waals surface area contributed by atoms with E-state index in [4.69, 9.17) is 9.72 Å². The van der Waals surface area contributed by atoms with Crippen molar-refractivity contribution in [3.63, 3.8) is 0 Å². The molecule has 0 N–H and O–H groups in total. The first-order chi connectivity index (χ1) is 12.8. The van der Waals surface area contributed by atoms with Gasteiger partial charge < -0.3 is 4.74 Å². The molecule has 1 aliphatic carbocycles. The lowest BCUT2D eigenvalue weighted by Crippen LogP contribution is -2.37. The summed E-state index contributed by atoms with van der Waals surface area (Å²) in [5.41, 5.74) is 2.31. The Balaban J connectivity index is 1.50. The first-order valence-corrected chi connectivity index (χ1v) is 10.8. The van der Waals surface area contributed by atoms with Gasteiger partial charge in [0.05, 0.1) is 27.7 Å². The second-order valence-corrected chi connectivity index (χ2v) is 9.07. The van der Waals surface area contributed by atoms with Gasteiger partial charge in [0.25, 0.3) is 5.91 Å². The summed E-state index contributed by atoms with van der Waals surface area (Å²) < 4.78 is 6.93. The summed E-state index contributed by atoms with van der Waals surface area (Å²) in [6.45, 7) is 1.38. The van der Waals surface area contributed by atoms with E-state index in [-0.39, 0.29) is 12.0 Å². The maximum absolute atomic E-state index is 13.4. The standard InChI is InChI=1S/C20H20N2O2S2/c23-19(18-11-13-5-3-9-16(13)25-18)22(12-14-6-4-10-24-14)20-21-15-7-1-2-8-17(15)26-20/h1-2,7-8,11,14H,3-6,9-10,12H2/t14-/m1/s1. The van der Waals surface area contributed by atoms with Crippen LogP contribution in [0.15, 0.2) is 30.3 Å². The molecule has 0 radical (unpaired) electrons. The average molecular weight is 385 g/mol. The van der Waals surface area contributed by atoms with Crippen LogP contribution in [0.4, 0.5) is 5.13 Å². The van der Waals surface area contributed by atoms with Crippen LogP contribution in [0, 0.1) is 0 Å². The normalized spacial score (nSPS) is 19.2. The zero-order valence-corrected chi connectivity index (χ0v) is 16.1. The maximum Gasteiger partial charge on any atom is 0.270 e. The second kappa shape index (κ2) is 6.76. The molecule has 6 heteroatoms. The predicted molar refractivity (Wildman–Crippen MR) is 107 cm³/mol. The highest BCUT2D eigenvalue weighted by Gasteiger charge is 2.29. The highest BCUT2D eigenvalue weighted by molar-refractivity contribution is 7.22. The van der Waals surface area contributed by atoms with Gasteiger partial charge in [-0.3, -0.25) is 9.69 Å². The van der Waals surface area contributed by atoms with Crippen molar-refractivity contribution < 1.29 is 9.53 Å². The van der Waals surface area contributed by atoms with Crippen molar-refractivity contribution in [3.05, 3.63) is 45.6 Å². The maximum atomic E-state index is 13.4. The molecule has 3 heterocycles. The topological polar surface area (TPSA) is 42.4 Å². The molecule has 2 aliphatic rings. The minimum absolute atomic E-state index is 0.0685. The lowest BCUT2D eigenvalue weighted by Gasteiger charge is -2.22. The number of thiophene rings is 1. The number of hydrogen-bond acceptors (Lipinski definition) is 5. The van der Waals surface area contributed by atoms with Crippen molar-refractivity contribution in [2.75, 3.05) is 18.1 Å². The van der Waals surface area contributed by atoms with Gasteiger partial charge in [-0.25, -0.2) is 4.98 Å². The minimum atomic E-state index is 0.0685. The van der Waals surface area contributed by atoms with E-state index in [1.807, 2.05) is 23.1 Å². The van der Waals surface area contributed by atoms with E-state index >= 15 is 0 Å². The molecule has 0 spiro atoms. The number of amides is 1. The summed E-state index contributed by atoms with van der Waals surface area (Å²) in [5, 5.41) is 0.778. The van der Waals surface area contributed by atoms with Crippen LogP contribution in [0.25, 0.3) is 10.2 Å². The predicted octanol–water partition coefficient (Wildman–Crippen LogP) is 4.67. The number of carbonyl (C=O) groups excluding carboxylic acids is 1. The summed E-state index contributed by atoms with van der Waals surface area (Å²) in [4.78, 5) is 22.2. The van der Waals surface area contributed by atoms with Crippen LogP contribution in [-0.2, 0) is 17.6 Å². The van der Waals surface area contributed by atoms with Gasteiger partial charge in [0, 0.05) is 11.5 Å². The molecule has 1 fully saturated rings. The fourth-order valence-electron chi connectivity index (χ4n) is 3.78. The van der Waals surface area contributed by atoms with E-state index < -0.39 is 0 Å². The minimum Gasteiger partial charge on any atom is -0.376 e. The van der Waals surface area contributed by atoms with Crippen molar-refractivity contribution in [3.8, 4) is 0 Å². The average Bonchev–Trinajstić information content (AvgIpc) is 3.42. The third kappa shape index (κ3) is 2.96. The first-order valence-electron chi connectivity index (χ1n) is 9.18. The molecule has 1 atom stereocenters. The SMILES string of the molecule is O=C(c1cc2c(s1)CCC2)N(C[C@H]1CCCO1)c1nc2ccccc2s1. The number of aryl methyl sites for hydroxylation is 2. The Morgan fingerprint density at radius 2 is 2.15 bits per heavy atom. The van der Waals surface area contributed by atoms with Crippen molar-refractivity contribution in [2.45, 2.75) is 38.2 Å². The molecule has 1 aliphatic heterocycles. The monoisotopic (exact) mass is 384 g/mol.